The van der Waals surface area contributed by atoms with Crippen LogP contribution in [0.1, 0.15) is 16.8 Å². The molecule has 7 nitrogen and oxygen atoms in total. The zero-order valence-electron chi connectivity index (χ0n) is 20.7. The number of ether oxygens (including phenoxy) is 2. The number of methoxy groups -OCH3 is 1. The van der Waals surface area contributed by atoms with Crippen LogP contribution in [0.3, 0.4) is 0 Å². The number of carbonyl (C=O) groups excluding carboxylic acids is 3. The fourth-order valence-electron chi connectivity index (χ4n) is 6.56. The van der Waals surface area contributed by atoms with E-state index in [1.807, 2.05) is 24.3 Å². The summed E-state index contributed by atoms with van der Waals surface area (Å²) in [6, 6.07) is 21.0. The number of rotatable bonds is 6. The molecule has 1 aliphatic heterocycles. The van der Waals surface area contributed by atoms with Crippen LogP contribution in [-0.2, 0) is 9.59 Å². The molecule has 1 saturated heterocycles. The van der Waals surface area contributed by atoms with E-state index in [4.69, 9.17) is 9.47 Å². The molecule has 3 aromatic rings. The standard InChI is InChI=1S/C31H26N2O5/c1-37-20-10-12-22(13-11-20)38-21-8-4-18(5-9-21)32-29(34)17-2-6-19(7-3-17)33-30(35)27-23-14-15-24(26-16-25(23)26)28(27)31(33)36/h2-15,23-28H,16H2,1H3,(H,32,34)/t23-,24-,25-,26+,27-,28+/m1/s1. The lowest BCUT2D eigenvalue weighted by molar-refractivity contribution is -0.124. The Kier molecular flexibility index (Phi) is 5.15. The molecule has 190 valence electrons. The highest BCUT2D eigenvalue weighted by atomic mass is 16.5. The highest BCUT2D eigenvalue weighted by molar-refractivity contribution is 6.22. The number of imide groups is 1. The number of nitrogens with zero attached hydrogens (tertiary/aromatic N) is 1. The molecule has 8 rings (SSSR count). The van der Waals surface area contributed by atoms with Crippen LogP contribution in [0.4, 0.5) is 11.4 Å². The lowest BCUT2D eigenvalue weighted by Crippen LogP contribution is -2.40. The van der Waals surface area contributed by atoms with E-state index in [-0.39, 0.29) is 41.4 Å². The molecule has 3 fully saturated rings. The van der Waals surface area contributed by atoms with E-state index in [2.05, 4.69) is 17.5 Å². The summed E-state index contributed by atoms with van der Waals surface area (Å²) in [6.07, 6.45) is 5.47. The molecule has 0 radical (unpaired) electrons. The summed E-state index contributed by atoms with van der Waals surface area (Å²) in [5.74, 6) is 2.63. The predicted molar refractivity (Wildman–Crippen MR) is 141 cm³/mol. The third-order valence-corrected chi connectivity index (χ3v) is 8.46. The highest BCUT2D eigenvalue weighted by Gasteiger charge is 2.67. The Bertz CT molecular complexity index is 1430. The molecule has 1 N–H and O–H groups in total. The first-order valence-electron chi connectivity index (χ1n) is 12.9. The Labute approximate surface area is 220 Å². The topological polar surface area (TPSA) is 84.9 Å². The van der Waals surface area contributed by atoms with Gasteiger partial charge in [-0.1, -0.05) is 12.2 Å². The molecule has 0 unspecified atom stereocenters. The van der Waals surface area contributed by atoms with Gasteiger partial charge in [-0.15, -0.1) is 0 Å². The van der Waals surface area contributed by atoms with Crippen LogP contribution in [0.2, 0.25) is 0 Å². The lowest BCUT2D eigenvalue weighted by Gasteiger charge is -2.37. The monoisotopic (exact) mass is 506 g/mol. The first kappa shape index (κ1) is 22.8. The molecule has 7 heteroatoms. The molecule has 3 aromatic carbocycles. The highest BCUT2D eigenvalue weighted by Crippen LogP contribution is 2.65. The molecule has 2 saturated carbocycles. The van der Waals surface area contributed by atoms with E-state index in [1.54, 1.807) is 55.6 Å². The lowest BCUT2D eigenvalue weighted by atomic mass is 9.63. The maximum Gasteiger partial charge on any atom is 0.255 e. The molecule has 3 amide bonds. The van der Waals surface area contributed by atoms with Crippen LogP contribution in [-0.4, -0.2) is 24.8 Å². The Morgan fingerprint density at radius 1 is 0.763 bits per heavy atom. The van der Waals surface area contributed by atoms with Crippen molar-refractivity contribution < 1.29 is 23.9 Å². The van der Waals surface area contributed by atoms with Crippen LogP contribution in [0.25, 0.3) is 0 Å². The van der Waals surface area contributed by atoms with Crippen molar-refractivity contribution in [3.05, 3.63) is 90.5 Å². The number of hydrogen-bond acceptors (Lipinski definition) is 5. The number of allylic oxidation sites excluding steroid dienone is 2. The molecule has 38 heavy (non-hydrogen) atoms. The zero-order valence-corrected chi connectivity index (χ0v) is 20.7. The van der Waals surface area contributed by atoms with Gasteiger partial charge < -0.3 is 14.8 Å². The number of amides is 3. The third-order valence-electron chi connectivity index (χ3n) is 8.46. The number of carbonyl (C=O) groups is 3. The van der Waals surface area contributed by atoms with Crippen molar-refractivity contribution in [3.63, 3.8) is 0 Å². The summed E-state index contributed by atoms with van der Waals surface area (Å²) in [4.78, 5) is 40.8. The average Bonchev–Trinajstić information content (AvgIpc) is 3.73. The van der Waals surface area contributed by atoms with Gasteiger partial charge in [-0.2, -0.15) is 0 Å². The van der Waals surface area contributed by atoms with E-state index in [0.717, 1.165) is 12.2 Å². The normalized spacial score (nSPS) is 28.1. The van der Waals surface area contributed by atoms with E-state index < -0.39 is 0 Å². The van der Waals surface area contributed by atoms with Crippen molar-refractivity contribution in [2.45, 2.75) is 6.42 Å². The van der Waals surface area contributed by atoms with Gasteiger partial charge in [0.1, 0.15) is 17.2 Å². The van der Waals surface area contributed by atoms with E-state index >= 15 is 0 Å². The zero-order chi connectivity index (χ0) is 26.0. The maximum atomic E-state index is 13.3. The molecule has 5 aliphatic rings. The van der Waals surface area contributed by atoms with Crippen molar-refractivity contribution >= 4 is 29.1 Å². The molecule has 6 atom stereocenters. The van der Waals surface area contributed by atoms with Crippen molar-refractivity contribution in [1.29, 1.82) is 0 Å². The predicted octanol–water partition coefficient (Wildman–Crippen LogP) is 5.30. The van der Waals surface area contributed by atoms with Crippen molar-refractivity contribution in [2.75, 3.05) is 17.3 Å². The molecular weight excluding hydrogens is 480 g/mol. The summed E-state index contributed by atoms with van der Waals surface area (Å²) in [5.41, 5.74) is 1.59. The Balaban J connectivity index is 1.01. The second-order valence-electron chi connectivity index (χ2n) is 10.5. The summed E-state index contributed by atoms with van der Waals surface area (Å²) < 4.78 is 11.0. The average molecular weight is 507 g/mol. The molecule has 0 aromatic heterocycles. The second-order valence-corrected chi connectivity index (χ2v) is 10.5. The van der Waals surface area contributed by atoms with Gasteiger partial charge in [0.2, 0.25) is 11.8 Å². The van der Waals surface area contributed by atoms with Gasteiger partial charge in [-0.25, -0.2) is 0 Å². The van der Waals surface area contributed by atoms with Gasteiger partial charge in [-0.05, 0) is 103 Å². The van der Waals surface area contributed by atoms with Crippen molar-refractivity contribution in [2.24, 2.45) is 35.5 Å². The van der Waals surface area contributed by atoms with Gasteiger partial charge >= 0.3 is 0 Å². The molecule has 1 heterocycles. The van der Waals surface area contributed by atoms with Crippen LogP contribution in [0.15, 0.2) is 84.9 Å². The minimum Gasteiger partial charge on any atom is -0.497 e. The largest absolute Gasteiger partial charge is 0.497 e. The Morgan fingerprint density at radius 3 is 1.84 bits per heavy atom. The number of anilines is 2. The minimum atomic E-state index is -0.282. The smallest absolute Gasteiger partial charge is 0.255 e. The summed E-state index contributed by atoms with van der Waals surface area (Å²) in [6.45, 7) is 0. The molecule has 2 bridgehead atoms. The fourth-order valence-corrected chi connectivity index (χ4v) is 6.56. The molecule has 4 aliphatic carbocycles. The van der Waals surface area contributed by atoms with Crippen LogP contribution < -0.4 is 19.7 Å². The van der Waals surface area contributed by atoms with E-state index in [0.29, 0.717) is 40.3 Å². The second kappa shape index (κ2) is 8.58. The summed E-state index contributed by atoms with van der Waals surface area (Å²) in [5, 5.41) is 2.87. The number of benzene rings is 3. The first-order valence-corrected chi connectivity index (χ1v) is 12.9. The minimum absolute atomic E-state index is 0.0983. The van der Waals surface area contributed by atoms with Gasteiger partial charge in [0.05, 0.1) is 24.6 Å². The summed E-state index contributed by atoms with van der Waals surface area (Å²) in [7, 11) is 1.61. The van der Waals surface area contributed by atoms with Gasteiger partial charge in [0, 0.05) is 11.3 Å². The SMILES string of the molecule is COc1ccc(Oc2ccc(NC(=O)c3ccc(N4C(=O)[C@@H]5[C@@H]6C=C[C@H]([C@@H]7C[C@H]67)[C@@H]5C4=O)cc3)cc2)cc1. The first-order chi connectivity index (χ1) is 18.5. The number of hydrogen-bond donors (Lipinski definition) is 1. The quantitative estimate of drug-likeness (QED) is 0.362. The van der Waals surface area contributed by atoms with Gasteiger partial charge in [0.15, 0.2) is 0 Å². The van der Waals surface area contributed by atoms with Crippen molar-refractivity contribution in [1.82, 2.24) is 0 Å². The maximum absolute atomic E-state index is 13.3. The van der Waals surface area contributed by atoms with Crippen LogP contribution in [0.5, 0.6) is 17.2 Å². The third kappa shape index (κ3) is 3.61. The van der Waals surface area contributed by atoms with E-state index in [1.165, 1.54) is 4.90 Å². The van der Waals surface area contributed by atoms with Gasteiger partial charge in [0.25, 0.3) is 5.91 Å². The Hall–Kier alpha value is -4.39. The van der Waals surface area contributed by atoms with Crippen LogP contribution in [0, 0.1) is 35.5 Å². The fraction of sp³-hybridized carbons (Fsp3) is 0.258. The number of nitrogens with one attached hydrogen (secondary N) is 1. The van der Waals surface area contributed by atoms with E-state index in [9.17, 15) is 14.4 Å². The van der Waals surface area contributed by atoms with Gasteiger partial charge in [-0.3, -0.25) is 19.3 Å². The molecule has 0 spiro atoms. The Morgan fingerprint density at radius 2 is 1.29 bits per heavy atom. The van der Waals surface area contributed by atoms with Crippen LogP contribution >= 0.6 is 0 Å². The van der Waals surface area contributed by atoms with Crippen molar-refractivity contribution in [3.8, 4) is 17.2 Å². The molecular formula is C31H26N2O5. The summed E-state index contributed by atoms with van der Waals surface area (Å²) >= 11 is 0.